The summed E-state index contributed by atoms with van der Waals surface area (Å²) in [5, 5.41) is 5.84. The molecule has 2 N–H and O–H groups in total. The zero-order chi connectivity index (χ0) is 31.4. The summed E-state index contributed by atoms with van der Waals surface area (Å²) in [6, 6.07) is 2.50. The van der Waals surface area contributed by atoms with Gasteiger partial charge in [0.05, 0.1) is 13.2 Å². The molecular formula is C32H47N5O6. The Bertz CT molecular complexity index is 1230. The number of methoxy groups -OCH3 is 1. The minimum absolute atomic E-state index is 0.0848. The molecule has 2 fully saturated rings. The fourth-order valence-electron chi connectivity index (χ4n) is 6.46. The molecule has 0 aliphatic carbocycles. The number of ether oxygens (including phenoxy) is 2. The van der Waals surface area contributed by atoms with Crippen molar-refractivity contribution in [3.8, 4) is 11.5 Å². The van der Waals surface area contributed by atoms with E-state index in [2.05, 4.69) is 10.6 Å². The van der Waals surface area contributed by atoms with Gasteiger partial charge in [-0.25, -0.2) is 0 Å². The van der Waals surface area contributed by atoms with Gasteiger partial charge in [-0.2, -0.15) is 0 Å². The van der Waals surface area contributed by atoms with Gasteiger partial charge in [0.1, 0.15) is 35.7 Å². The molecule has 1 aromatic carbocycles. The quantitative estimate of drug-likeness (QED) is 0.472. The minimum Gasteiger partial charge on any atom is -0.496 e. The van der Waals surface area contributed by atoms with Crippen molar-refractivity contribution in [3.63, 3.8) is 0 Å². The van der Waals surface area contributed by atoms with Crippen LogP contribution in [0.15, 0.2) is 24.4 Å². The monoisotopic (exact) mass is 597 g/mol. The van der Waals surface area contributed by atoms with Gasteiger partial charge in [0, 0.05) is 31.3 Å². The Morgan fingerprint density at radius 2 is 1.91 bits per heavy atom. The number of fused-ring (bicyclic) bond motifs is 4. The molecule has 3 aliphatic heterocycles. The Morgan fingerprint density at radius 1 is 1.16 bits per heavy atom. The lowest BCUT2D eigenvalue weighted by Crippen LogP contribution is -2.61. The van der Waals surface area contributed by atoms with Crippen molar-refractivity contribution in [1.29, 1.82) is 0 Å². The first-order valence-corrected chi connectivity index (χ1v) is 15.4. The highest BCUT2D eigenvalue weighted by Gasteiger charge is 2.49. The lowest BCUT2D eigenvalue weighted by atomic mass is 9.95. The summed E-state index contributed by atoms with van der Waals surface area (Å²) < 4.78 is 11.9. The van der Waals surface area contributed by atoms with Gasteiger partial charge in [0.15, 0.2) is 0 Å². The van der Waals surface area contributed by atoms with E-state index in [1.165, 1.54) is 0 Å². The van der Waals surface area contributed by atoms with E-state index < -0.39 is 30.3 Å². The number of benzene rings is 1. The van der Waals surface area contributed by atoms with Gasteiger partial charge < -0.3 is 29.9 Å². The van der Waals surface area contributed by atoms with Gasteiger partial charge in [0.25, 0.3) is 0 Å². The molecule has 6 atom stereocenters. The van der Waals surface area contributed by atoms with E-state index >= 15 is 0 Å². The summed E-state index contributed by atoms with van der Waals surface area (Å²) in [5.41, 5.74) is 0.705. The van der Waals surface area contributed by atoms with Gasteiger partial charge in [-0.15, -0.1) is 0 Å². The molecule has 3 aliphatic rings. The number of rotatable bonds is 8. The molecule has 4 amide bonds. The number of hydrogen-bond donors (Lipinski definition) is 2. The molecule has 0 spiro atoms. The molecular weight excluding hydrogens is 550 g/mol. The van der Waals surface area contributed by atoms with Gasteiger partial charge in [0.2, 0.25) is 23.6 Å². The average molecular weight is 598 g/mol. The summed E-state index contributed by atoms with van der Waals surface area (Å²) in [5.74, 6) is -0.137. The summed E-state index contributed by atoms with van der Waals surface area (Å²) in [6.07, 6.45) is 5.10. The van der Waals surface area contributed by atoms with Gasteiger partial charge >= 0.3 is 0 Å². The highest BCUT2D eigenvalue weighted by atomic mass is 16.5. The number of nitrogens with one attached hydrogen (secondary N) is 2. The Labute approximate surface area is 254 Å². The fraction of sp³-hybridized carbons (Fsp3) is 0.625. The largest absolute Gasteiger partial charge is 0.496 e. The molecule has 11 nitrogen and oxygen atoms in total. The van der Waals surface area contributed by atoms with Crippen molar-refractivity contribution >= 4 is 29.7 Å². The van der Waals surface area contributed by atoms with Gasteiger partial charge in [-0.05, 0) is 63.0 Å². The summed E-state index contributed by atoms with van der Waals surface area (Å²) in [6.45, 7) is 8.54. The Morgan fingerprint density at radius 3 is 2.56 bits per heavy atom. The molecule has 0 radical (unpaired) electrons. The van der Waals surface area contributed by atoms with Crippen LogP contribution in [0, 0.1) is 11.8 Å². The minimum atomic E-state index is -0.947. The van der Waals surface area contributed by atoms with E-state index in [1.54, 1.807) is 47.4 Å². The first-order valence-electron chi connectivity index (χ1n) is 15.4. The maximum Gasteiger partial charge on any atom is 0.249 e. The third-order valence-corrected chi connectivity index (χ3v) is 8.93. The fourth-order valence-corrected chi connectivity index (χ4v) is 6.46. The molecule has 236 valence electrons. The van der Waals surface area contributed by atoms with Crippen molar-refractivity contribution < 1.29 is 28.7 Å². The van der Waals surface area contributed by atoms with E-state index in [9.17, 15) is 19.2 Å². The van der Waals surface area contributed by atoms with Gasteiger partial charge in [-0.3, -0.25) is 24.1 Å². The molecule has 11 heteroatoms. The average Bonchev–Trinajstić information content (AvgIpc) is 3.62. The molecule has 43 heavy (non-hydrogen) atoms. The number of nitrogens with zero attached hydrogens (tertiary/aromatic N) is 3. The van der Waals surface area contributed by atoms with Crippen LogP contribution in [-0.2, 0) is 19.2 Å². The van der Waals surface area contributed by atoms with Crippen LogP contribution in [0.25, 0.3) is 6.08 Å². The van der Waals surface area contributed by atoms with E-state index in [0.717, 1.165) is 6.42 Å². The molecule has 2 unspecified atom stereocenters. The summed E-state index contributed by atoms with van der Waals surface area (Å²) in [4.78, 5) is 60.3. The maximum absolute atomic E-state index is 14.3. The molecule has 0 aromatic heterocycles. The van der Waals surface area contributed by atoms with E-state index in [1.807, 2.05) is 46.7 Å². The maximum atomic E-state index is 14.3. The number of carbonyl (C=O) groups excluding carboxylic acids is 4. The predicted octanol–water partition coefficient (Wildman–Crippen LogP) is 2.25. The summed E-state index contributed by atoms with van der Waals surface area (Å²) in [7, 11) is 5.29. The molecule has 2 saturated heterocycles. The third-order valence-electron chi connectivity index (χ3n) is 8.93. The standard InChI is InChI=1S/C32H47N5O6/c1-8-20(4)27(35(5)6)30(39)34-26(19(2)3)31(40)37-17-14-25-28(37)32(41)36-16-9-10-23(36)29(38)33-15-13-21-18-22(43-25)11-12-24(21)42-7/h11-13,15,18-20,23,25-28H,8-10,14,16-17H2,1-7H3,(H,33,38)(H,34,39)/b15-13-/t20?,23-,25-,26?,27+,28-/m0/s1. The van der Waals surface area contributed by atoms with E-state index in [-0.39, 0.29) is 42.0 Å². The first kappa shape index (κ1) is 32.3. The molecule has 4 rings (SSSR count). The Balaban J connectivity index is 1.69. The SMILES string of the molecule is CCC(C)[C@H](C(=O)NC(C(=O)N1CC[C@@H]2Oc3ccc(OC)c(c3)/C=C\NC(=O)[C@@H]3CCCN3C(=O)[C@H]21)C(C)C)N(C)C. The van der Waals surface area contributed by atoms with E-state index in [0.29, 0.717) is 42.9 Å². The van der Waals surface area contributed by atoms with Crippen LogP contribution in [0.2, 0.25) is 0 Å². The lowest BCUT2D eigenvalue weighted by Gasteiger charge is -2.36. The Hall–Kier alpha value is -3.60. The number of likely N-dealkylation sites (N-methyl/N-ethyl adjacent to an activating group) is 1. The second-order valence-electron chi connectivity index (χ2n) is 12.4. The van der Waals surface area contributed by atoms with Crippen molar-refractivity contribution in [2.75, 3.05) is 34.3 Å². The normalized spacial score (nSPS) is 24.9. The second kappa shape index (κ2) is 13.8. The van der Waals surface area contributed by atoms with Crippen LogP contribution < -0.4 is 20.1 Å². The second-order valence-corrected chi connectivity index (χ2v) is 12.4. The lowest BCUT2D eigenvalue weighted by molar-refractivity contribution is -0.150. The van der Waals surface area contributed by atoms with Crippen LogP contribution in [0.4, 0.5) is 0 Å². The highest BCUT2D eigenvalue weighted by molar-refractivity contribution is 5.96. The number of likely N-dealkylation sites (tertiary alicyclic amines) is 1. The number of hydrogen-bond acceptors (Lipinski definition) is 7. The molecule has 2 bridgehead atoms. The van der Waals surface area contributed by atoms with Crippen molar-refractivity contribution in [1.82, 2.24) is 25.3 Å². The van der Waals surface area contributed by atoms with Crippen LogP contribution in [-0.4, -0.2) is 103 Å². The highest BCUT2D eigenvalue weighted by Crippen LogP contribution is 2.32. The first-order chi connectivity index (χ1) is 20.5. The molecule has 3 heterocycles. The zero-order valence-corrected chi connectivity index (χ0v) is 26.5. The van der Waals surface area contributed by atoms with E-state index in [4.69, 9.17) is 9.47 Å². The van der Waals surface area contributed by atoms with Crippen LogP contribution in [0.5, 0.6) is 11.5 Å². The smallest absolute Gasteiger partial charge is 0.249 e. The van der Waals surface area contributed by atoms with Gasteiger partial charge in [-0.1, -0.05) is 34.1 Å². The molecule has 1 aromatic rings. The van der Waals surface area contributed by atoms with Crippen LogP contribution in [0.3, 0.4) is 0 Å². The number of amides is 4. The predicted molar refractivity (Wildman–Crippen MR) is 163 cm³/mol. The topological polar surface area (TPSA) is 121 Å². The van der Waals surface area contributed by atoms with Crippen LogP contribution in [0.1, 0.15) is 58.9 Å². The molecule has 0 saturated carbocycles. The zero-order valence-electron chi connectivity index (χ0n) is 26.5. The number of carbonyl (C=O) groups is 4. The van der Waals surface area contributed by atoms with Crippen molar-refractivity contribution in [3.05, 3.63) is 30.0 Å². The Kier molecular flexibility index (Phi) is 10.4. The third kappa shape index (κ3) is 6.82. The van der Waals surface area contributed by atoms with Crippen molar-refractivity contribution in [2.45, 2.75) is 83.6 Å². The van der Waals surface area contributed by atoms with Crippen molar-refractivity contribution in [2.24, 2.45) is 11.8 Å². The van der Waals surface area contributed by atoms with Crippen LogP contribution >= 0.6 is 0 Å². The summed E-state index contributed by atoms with van der Waals surface area (Å²) >= 11 is 0.